The number of hydrogen-bond donors (Lipinski definition) is 1. The second-order valence-corrected chi connectivity index (χ2v) is 6.61. The first kappa shape index (κ1) is 14.1. The highest BCUT2D eigenvalue weighted by Gasteiger charge is 2.31. The van der Waals surface area contributed by atoms with E-state index in [2.05, 4.69) is 16.8 Å². The highest BCUT2D eigenvalue weighted by molar-refractivity contribution is 7.91. The molecule has 5 heteroatoms. The summed E-state index contributed by atoms with van der Waals surface area (Å²) < 4.78 is 12.0. The van der Waals surface area contributed by atoms with E-state index in [0.717, 1.165) is 18.5 Å². The van der Waals surface area contributed by atoms with Crippen molar-refractivity contribution in [2.24, 2.45) is 0 Å². The molecule has 0 aliphatic heterocycles. The third-order valence-corrected chi connectivity index (χ3v) is 4.83. The Labute approximate surface area is 126 Å². The fourth-order valence-electron chi connectivity index (χ4n) is 2.29. The number of carbonyl (C=O) groups excluding carboxylic acids is 1. The van der Waals surface area contributed by atoms with Gasteiger partial charge in [-0.15, -0.1) is 0 Å². The Morgan fingerprint density at radius 1 is 1.52 bits per heavy atom. The topological polar surface area (TPSA) is 68.8 Å². The van der Waals surface area contributed by atoms with Gasteiger partial charge in [0.05, 0.1) is 11.3 Å². The van der Waals surface area contributed by atoms with Crippen LogP contribution in [0.3, 0.4) is 0 Å². The molecule has 1 saturated carbocycles. The molecule has 0 bridgehead atoms. The summed E-state index contributed by atoms with van der Waals surface area (Å²) in [6, 6.07) is 6.99. The van der Waals surface area contributed by atoms with Crippen LogP contribution in [0.1, 0.15) is 40.4 Å². The van der Waals surface area contributed by atoms with Gasteiger partial charge in [-0.05, 0) is 36.2 Å². The Balaban J connectivity index is 1.89. The van der Waals surface area contributed by atoms with Gasteiger partial charge in [-0.3, -0.25) is 9.89 Å². The maximum absolute atomic E-state index is 12.6. The lowest BCUT2D eigenvalue weighted by atomic mass is 10.0. The molecule has 0 radical (unpaired) electrons. The van der Waals surface area contributed by atoms with Gasteiger partial charge in [0.1, 0.15) is 5.75 Å². The van der Waals surface area contributed by atoms with Crippen molar-refractivity contribution in [3.05, 3.63) is 59.9 Å². The Kier molecular flexibility index (Phi) is 3.94. The average molecular weight is 300 g/mol. The van der Waals surface area contributed by atoms with E-state index < -0.39 is 11.2 Å². The maximum Gasteiger partial charge on any atom is 0.196 e. The van der Waals surface area contributed by atoms with Gasteiger partial charge in [-0.2, -0.15) is 5.10 Å². The Morgan fingerprint density at radius 3 is 3.05 bits per heavy atom. The van der Waals surface area contributed by atoms with Crippen molar-refractivity contribution >= 4 is 17.0 Å². The quantitative estimate of drug-likeness (QED) is 0.506. The molecule has 1 aromatic carbocycles. The van der Waals surface area contributed by atoms with E-state index in [1.54, 1.807) is 36.5 Å². The normalized spacial score (nSPS) is 15.7. The molecular weight excluding hydrogens is 284 g/mol. The molecule has 108 valence electrons. The third-order valence-electron chi connectivity index (χ3n) is 3.51. The molecule has 0 spiro atoms. The third kappa shape index (κ3) is 2.94. The standard InChI is InChI=1S/C16H16N2O2S/c1-2-8-21(20)13-5-3-4-12(9-13)16(19)14-10-17-18-15(14)11-6-7-11/h2-5,9-11H,1,6-8H2,(H,17,18). The summed E-state index contributed by atoms with van der Waals surface area (Å²) in [6.45, 7) is 3.59. The van der Waals surface area contributed by atoms with E-state index in [1.807, 2.05) is 0 Å². The van der Waals surface area contributed by atoms with Crippen LogP contribution in [0.4, 0.5) is 0 Å². The Bertz CT molecular complexity index is 676. The lowest BCUT2D eigenvalue weighted by Crippen LogP contribution is -2.08. The minimum absolute atomic E-state index is 0.0666. The zero-order valence-electron chi connectivity index (χ0n) is 11.5. The number of ketones is 1. The lowest BCUT2D eigenvalue weighted by molar-refractivity contribution is 0.103. The van der Waals surface area contributed by atoms with E-state index in [1.165, 1.54) is 0 Å². The van der Waals surface area contributed by atoms with E-state index in [4.69, 9.17) is 0 Å². The zero-order valence-corrected chi connectivity index (χ0v) is 12.4. The highest BCUT2D eigenvalue weighted by atomic mass is 32.2. The molecule has 1 aliphatic carbocycles. The van der Waals surface area contributed by atoms with Crippen molar-refractivity contribution in [2.75, 3.05) is 5.75 Å². The van der Waals surface area contributed by atoms with Crippen LogP contribution < -0.4 is 0 Å². The number of nitrogens with zero attached hydrogens (tertiary/aromatic N) is 1. The van der Waals surface area contributed by atoms with Crippen LogP contribution in [0.5, 0.6) is 0 Å². The second kappa shape index (κ2) is 5.87. The number of carbonyl (C=O) groups is 1. The van der Waals surface area contributed by atoms with Crippen LogP contribution in [0.15, 0.2) is 48.0 Å². The van der Waals surface area contributed by atoms with Gasteiger partial charge in [0.2, 0.25) is 0 Å². The summed E-state index contributed by atoms with van der Waals surface area (Å²) in [5, 5.41) is 6.98. The van der Waals surface area contributed by atoms with Crippen LogP contribution >= 0.6 is 0 Å². The molecule has 1 heterocycles. The van der Waals surface area contributed by atoms with Crippen LogP contribution in [0.2, 0.25) is 0 Å². The zero-order chi connectivity index (χ0) is 14.8. The van der Waals surface area contributed by atoms with Gasteiger partial charge in [0, 0.05) is 23.7 Å². The largest absolute Gasteiger partial charge is 0.611 e. The summed E-state index contributed by atoms with van der Waals surface area (Å²) in [4.78, 5) is 13.3. The van der Waals surface area contributed by atoms with E-state index >= 15 is 0 Å². The predicted octanol–water partition coefficient (Wildman–Crippen LogP) is 2.81. The van der Waals surface area contributed by atoms with Gasteiger partial charge in [0.25, 0.3) is 0 Å². The molecule has 1 aliphatic rings. The predicted molar refractivity (Wildman–Crippen MR) is 81.9 cm³/mol. The fourth-order valence-corrected chi connectivity index (χ4v) is 3.18. The molecular formula is C16H16N2O2S. The molecule has 3 rings (SSSR count). The first-order valence-corrected chi connectivity index (χ1v) is 8.20. The molecule has 1 unspecified atom stereocenters. The molecule has 0 amide bonds. The van der Waals surface area contributed by atoms with E-state index in [0.29, 0.717) is 27.7 Å². The van der Waals surface area contributed by atoms with Gasteiger partial charge >= 0.3 is 0 Å². The van der Waals surface area contributed by atoms with Crippen molar-refractivity contribution < 1.29 is 9.35 Å². The van der Waals surface area contributed by atoms with Gasteiger partial charge in [0.15, 0.2) is 10.7 Å². The summed E-state index contributed by atoms with van der Waals surface area (Å²) in [7, 11) is 0. The number of nitrogens with one attached hydrogen (secondary N) is 1. The number of H-pyrrole nitrogens is 1. The Hall–Kier alpha value is -1.85. The molecule has 4 nitrogen and oxygen atoms in total. The number of aromatic nitrogens is 2. The van der Waals surface area contributed by atoms with E-state index in [9.17, 15) is 9.35 Å². The monoisotopic (exact) mass is 300 g/mol. The van der Waals surface area contributed by atoms with Crippen molar-refractivity contribution in [3.63, 3.8) is 0 Å². The molecule has 1 fully saturated rings. The summed E-state index contributed by atoms with van der Waals surface area (Å²) in [6.07, 6.45) is 5.46. The van der Waals surface area contributed by atoms with Gasteiger partial charge in [-0.25, -0.2) is 0 Å². The number of aromatic amines is 1. The average Bonchev–Trinajstić information content (AvgIpc) is 3.24. The first-order chi connectivity index (χ1) is 10.2. The smallest absolute Gasteiger partial charge is 0.196 e. The van der Waals surface area contributed by atoms with Crippen molar-refractivity contribution in [1.29, 1.82) is 0 Å². The molecule has 1 aromatic heterocycles. The van der Waals surface area contributed by atoms with Crippen LogP contribution in [0, 0.1) is 0 Å². The fraction of sp³-hybridized carbons (Fsp3) is 0.250. The SMILES string of the molecule is C=CC[S+]([O-])c1cccc(C(=O)c2c[nH]nc2C2CC2)c1. The first-order valence-electron chi connectivity index (χ1n) is 6.88. The molecule has 0 saturated heterocycles. The van der Waals surface area contributed by atoms with Crippen LogP contribution in [-0.4, -0.2) is 26.3 Å². The molecule has 1 N–H and O–H groups in total. The van der Waals surface area contributed by atoms with Crippen molar-refractivity contribution in [1.82, 2.24) is 10.2 Å². The van der Waals surface area contributed by atoms with Gasteiger partial charge < -0.3 is 4.55 Å². The molecule has 2 aromatic rings. The number of hydrogen-bond acceptors (Lipinski definition) is 3. The minimum Gasteiger partial charge on any atom is -0.611 e. The van der Waals surface area contributed by atoms with Crippen molar-refractivity contribution in [2.45, 2.75) is 23.7 Å². The lowest BCUT2D eigenvalue weighted by Gasteiger charge is -2.09. The van der Waals surface area contributed by atoms with Crippen molar-refractivity contribution in [3.8, 4) is 0 Å². The number of rotatable bonds is 6. The summed E-state index contributed by atoms with van der Waals surface area (Å²) >= 11 is -1.15. The molecule has 21 heavy (non-hydrogen) atoms. The number of benzene rings is 1. The summed E-state index contributed by atoms with van der Waals surface area (Å²) in [5.41, 5.74) is 2.04. The minimum atomic E-state index is -1.15. The second-order valence-electron chi connectivity index (χ2n) is 5.12. The maximum atomic E-state index is 12.6. The van der Waals surface area contributed by atoms with Crippen LogP contribution in [0.25, 0.3) is 0 Å². The highest BCUT2D eigenvalue weighted by Crippen LogP contribution is 2.40. The molecule has 1 atom stereocenters. The van der Waals surface area contributed by atoms with Gasteiger partial charge in [-0.1, -0.05) is 18.7 Å². The summed E-state index contributed by atoms with van der Waals surface area (Å²) in [5.74, 6) is 0.729. The Morgan fingerprint density at radius 2 is 2.33 bits per heavy atom. The van der Waals surface area contributed by atoms with E-state index in [-0.39, 0.29) is 5.78 Å². The van der Waals surface area contributed by atoms with Crippen LogP contribution in [-0.2, 0) is 11.2 Å².